The fourth-order valence-electron chi connectivity index (χ4n) is 3.22. The van der Waals surface area contributed by atoms with E-state index < -0.39 is 0 Å². The zero-order valence-corrected chi connectivity index (χ0v) is 11.7. The van der Waals surface area contributed by atoms with Gasteiger partial charge in [-0.1, -0.05) is 0 Å². The number of aromatic nitrogens is 2. The number of nitrogens with zero attached hydrogens (tertiary/aromatic N) is 3. The third-order valence-corrected chi connectivity index (χ3v) is 4.79. The first kappa shape index (κ1) is 12.2. The molecular weight excluding hydrogens is 224 g/mol. The Labute approximate surface area is 109 Å². The van der Waals surface area contributed by atoms with Gasteiger partial charge in [-0.2, -0.15) is 0 Å². The van der Waals surface area contributed by atoms with Crippen molar-refractivity contribution in [3.8, 4) is 0 Å². The first-order valence-corrected chi connectivity index (χ1v) is 7.03. The average Bonchev–Trinajstić information content (AvgIpc) is 3.06. The summed E-state index contributed by atoms with van der Waals surface area (Å²) in [6.45, 7) is 7.36. The lowest BCUT2D eigenvalue weighted by atomic mass is 9.99. The Balaban J connectivity index is 1.68. The first-order chi connectivity index (χ1) is 8.56. The lowest BCUT2D eigenvalue weighted by molar-refractivity contribution is 0.298. The molecule has 0 amide bonds. The number of aryl methyl sites for hydroxylation is 1. The molecule has 1 saturated carbocycles. The molecule has 1 aliphatic carbocycles. The molecule has 1 aromatic heterocycles. The molecule has 100 valence electrons. The second kappa shape index (κ2) is 4.35. The van der Waals surface area contributed by atoms with Crippen molar-refractivity contribution in [2.24, 2.45) is 24.6 Å². The highest BCUT2D eigenvalue weighted by Crippen LogP contribution is 2.41. The van der Waals surface area contributed by atoms with Crippen LogP contribution in [0.5, 0.6) is 0 Å². The van der Waals surface area contributed by atoms with Crippen molar-refractivity contribution in [1.82, 2.24) is 14.5 Å². The summed E-state index contributed by atoms with van der Waals surface area (Å²) in [5.41, 5.74) is 8.69. The zero-order chi connectivity index (χ0) is 12.9. The summed E-state index contributed by atoms with van der Waals surface area (Å²) in [5, 5.41) is 0. The van der Waals surface area contributed by atoms with Crippen molar-refractivity contribution >= 4 is 0 Å². The molecule has 0 bridgehead atoms. The van der Waals surface area contributed by atoms with Gasteiger partial charge in [0.25, 0.3) is 0 Å². The van der Waals surface area contributed by atoms with Gasteiger partial charge in [0.2, 0.25) is 0 Å². The van der Waals surface area contributed by atoms with E-state index >= 15 is 0 Å². The minimum atomic E-state index is 0.375. The first-order valence-electron chi connectivity index (χ1n) is 7.03. The van der Waals surface area contributed by atoms with Gasteiger partial charge in [0.1, 0.15) is 5.82 Å². The van der Waals surface area contributed by atoms with E-state index in [2.05, 4.69) is 35.3 Å². The number of hydrogen-bond acceptors (Lipinski definition) is 3. The van der Waals surface area contributed by atoms with Crippen molar-refractivity contribution in [2.75, 3.05) is 13.1 Å². The highest BCUT2D eigenvalue weighted by molar-refractivity contribution is 5.13. The zero-order valence-electron chi connectivity index (χ0n) is 11.7. The molecule has 1 aliphatic heterocycles. The summed E-state index contributed by atoms with van der Waals surface area (Å²) >= 11 is 0. The maximum absolute atomic E-state index is 6.27. The van der Waals surface area contributed by atoms with Crippen LogP contribution >= 0.6 is 0 Å². The van der Waals surface area contributed by atoms with Crippen LogP contribution in [-0.2, 0) is 13.6 Å². The standard InChI is InChI=1S/C14H24N4/c1-9-10(2)17(3)14(16-9)8-18-6-12(11-4-5-11)13(15)7-18/h11-13H,4-8,15H2,1-3H3/t12-,13+/m0/s1. The maximum Gasteiger partial charge on any atom is 0.123 e. The van der Waals surface area contributed by atoms with E-state index in [9.17, 15) is 0 Å². The Kier molecular flexibility index (Phi) is 2.94. The van der Waals surface area contributed by atoms with Crippen molar-refractivity contribution in [2.45, 2.75) is 39.3 Å². The van der Waals surface area contributed by atoms with Crippen LogP contribution in [0.25, 0.3) is 0 Å². The van der Waals surface area contributed by atoms with Crippen molar-refractivity contribution in [3.05, 3.63) is 17.2 Å². The van der Waals surface area contributed by atoms with Gasteiger partial charge in [0.15, 0.2) is 0 Å². The van der Waals surface area contributed by atoms with E-state index in [1.165, 1.54) is 24.4 Å². The predicted molar refractivity (Wildman–Crippen MR) is 72.1 cm³/mol. The molecule has 0 radical (unpaired) electrons. The van der Waals surface area contributed by atoms with Crippen molar-refractivity contribution in [1.29, 1.82) is 0 Å². The van der Waals surface area contributed by atoms with Crippen molar-refractivity contribution in [3.63, 3.8) is 0 Å². The lowest BCUT2D eigenvalue weighted by Crippen LogP contribution is -2.30. The SMILES string of the molecule is Cc1nc(CN2C[C@@H](N)[C@H](C3CC3)C2)n(C)c1C. The summed E-state index contributed by atoms with van der Waals surface area (Å²) in [4.78, 5) is 7.15. The summed E-state index contributed by atoms with van der Waals surface area (Å²) < 4.78 is 2.21. The van der Waals surface area contributed by atoms with Gasteiger partial charge < -0.3 is 10.3 Å². The van der Waals surface area contributed by atoms with Gasteiger partial charge in [-0.25, -0.2) is 4.98 Å². The molecule has 2 fully saturated rings. The van der Waals surface area contributed by atoms with Crippen LogP contribution < -0.4 is 5.73 Å². The molecule has 1 aromatic rings. The van der Waals surface area contributed by atoms with E-state index in [1.54, 1.807) is 0 Å². The third-order valence-electron chi connectivity index (χ3n) is 4.79. The highest BCUT2D eigenvalue weighted by atomic mass is 15.2. The van der Waals surface area contributed by atoms with Gasteiger partial charge in [-0.3, -0.25) is 4.90 Å². The Morgan fingerprint density at radius 3 is 2.56 bits per heavy atom. The molecule has 4 heteroatoms. The molecule has 2 heterocycles. The Hall–Kier alpha value is -0.870. The quantitative estimate of drug-likeness (QED) is 0.874. The fourth-order valence-corrected chi connectivity index (χ4v) is 3.22. The van der Waals surface area contributed by atoms with Crippen molar-refractivity contribution < 1.29 is 0 Å². The summed E-state index contributed by atoms with van der Waals surface area (Å²) in [5.74, 6) is 2.82. The van der Waals surface area contributed by atoms with Crippen LogP contribution in [0.4, 0.5) is 0 Å². The van der Waals surface area contributed by atoms with E-state index in [1.807, 2.05) is 0 Å². The fraction of sp³-hybridized carbons (Fsp3) is 0.786. The number of hydrogen-bond donors (Lipinski definition) is 1. The number of rotatable bonds is 3. The monoisotopic (exact) mass is 248 g/mol. The van der Waals surface area contributed by atoms with Gasteiger partial charge in [-0.05, 0) is 38.5 Å². The number of nitrogens with two attached hydrogens (primary N) is 1. The van der Waals surface area contributed by atoms with Crippen LogP contribution in [0.1, 0.15) is 30.1 Å². The average molecular weight is 248 g/mol. The predicted octanol–water partition coefficient (Wildman–Crippen LogP) is 1.21. The number of imidazole rings is 1. The Morgan fingerprint density at radius 1 is 1.28 bits per heavy atom. The largest absolute Gasteiger partial charge is 0.334 e. The molecule has 0 spiro atoms. The normalized spacial score (nSPS) is 29.1. The molecular formula is C14H24N4. The van der Waals surface area contributed by atoms with Crippen LogP contribution in [-0.4, -0.2) is 33.6 Å². The van der Waals surface area contributed by atoms with E-state index in [-0.39, 0.29) is 0 Å². The summed E-state index contributed by atoms with van der Waals surface area (Å²) in [6.07, 6.45) is 2.79. The molecule has 0 aromatic carbocycles. The molecule has 4 nitrogen and oxygen atoms in total. The van der Waals surface area contributed by atoms with Crippen LogP contribution in [0, 0.1) is 25.7 Å². The Morgan fingerprint density at radius 2 is 2.00 bits per heavy atom. The van der Waals surface area contributed by atoms with Crippen LogP contribution in [0.15, 0.2) is 0 Å². The highest BCUT2D eigenvalue weighted by Gasteiger charge is 2.40. The lowest BCUT2D eigenvalue weighted by Gasteiger charge is -2.15. The van der Waals surface area contributed by atoms with Gasteiger partial charge in [0, 0.05) is 31.9 Å². The number of likely N-dealkylation sites (tertiary alicyclic amines) is 1. The third kappa shape index (κ3) is 2.08. The molecule has 2 atom stereocenters. The molecule has 3 rings (SSSR count). The minimum Gasteiger partial charge on any atom is -0.334 e. The smallest absolute Gasteiger partial charge is 0.123 e. The second-order valence-corrected chi connectivity index (χ2v) is 6.12. The minimum absolute atomic E-state index is 0.375. The van der Waals surface area contributed by atoms with E-state index in [0.717, 1.165) is 37.2 Å². The van der Waals surface area contributed by atoms with Gasteiger partial charge in [0.05, 0.1) is 12.2 Å². The molecule has 18 heavy (non-hydrogen) atoms. The molecule has 2 aliphatic rings. The Bertz CT molecular complexity index is 447. The maximum atomic E-state index is 6.27. The van der Waals surface area contributed by atoms with Crippen LogP contribution in [0.3, 0.4) is 0 Å². The summed E-state index contributed by atoms with van der Waals surface area (Å²) in [7, 11) is 2.11. The summed E-state index contributed by atoms with van der Waals surface area (Å²) in [6, 6.07) is 0.375. The topological polar surface area (TPSA) is 47.1 Å². The molecule has 1 saturated heterocycles. The molecule has 0 unspecified atom stereocenters. The van der Waals surface area contributed by atoms with E-state index in [4.69, 9.17) is 5.73 Å². The van der Waals surface area contributed by atoms with Gasteiger partial charge >= 0.3 is 0 Å². The van der Waals surface area contributed by atoms with Crippen LogP contribution in [0.2, 0.25) is 0 Å². The van der Waals surface area contributed by atoms with Gasteiger partial charge in [-0.15, -0.1) is 0 Å². The van der Waals surface area contributed by atoms with E-state index in [0.29, 0.717) is 6.04 Å². The molecule has 2 N–H and O–H groups in total. The second-order valence-electron chi connectivity index (χ2n) is 6.12.